The maximum atomic E-state index is 14.4. The van der Waals surface area contributed by atoms with E-state index in [-0.39, 0.29) is 29.5 Å². The van der Waals surface area contributed by atoms with Crippen LogP contribution < -0.4 is 15.5 Å². The van der Waals surface area contributed by atoms with Gasteiger partial charge < -0.3 is 20.3 Å². The van der Waals surface area contributed by atoms with Gasteiger partial charge in [0, 0.05) is 31.7 Å². The molecule has 1 fully saturated rings. The molecule has 1 aliphatic rings. The van der Waals surface area contributed by atoms with Gasteiger partial charge in [0.05, 0.1) is 29.5 Å². The van der Waals surface area contributed by atoms with Crippen molar-refractivity contribution in [2.24, 2.45) is 0 Å². The lowest BCUT2D eigenvalue weighted by Gasteiger charge is -2.29. The summed E-state index contributed by atoms with van der Waals surface area (Å²) in [6, 6.07) is 7.95. The molecule has 2 aromatic rings. The topological polar surface area (TPSA) is 70.7 Å². The molecular formula is C20H20ClF2N3O3. The highest BCUT2D eigenvalue weighted by atomic mass is 35.5. The molecule has 0 atom stereocenters. The molecule has 0 radical (unpaired) electrons. The lowest BCUT2D eigenvalue weighted by Crippen LogP contribution is -2.36. The smallest absolute Gasteiger partial charge is 0.252 e. The Labute approximate surface area is 171 Å². The van der Waals surface area contributed by atoms with Crippen molar-refractivity contribution in [2.45, 2.75) is 6.42 Å². The second kappa shape index (κ2) is 9.67. The second-order valence-corrected chi connectivity index (χ2v) is 6.85. The number of carbonyl (C=O) groups excluding carboxylic acids is 2. The fourth-order valence-corrected chi connectivity index (χ4v) is 3.18. The Morgan fingerprint density at radius 3 is 2.55 bits per heavy atom. The first-order chi connectivity index (χ1) is 13.9. The van der Waals surface area contributed by atoms with Crippen molar-refractivity contribution in [1.29, 1.82) is 0 Å². The van der Waals surface area contributed by atoms with Crippen LogP contribution in [0.25, 0.3) is 0 Å². The van der Waals surface area contributed by atoms with Crippen LogP contribution in [0.4, 0.5) is 20.2 Å². The Morgan fingerprint density at radius 2 is 1.86 bits per heavy atom. The molecule has 2 aromatic carbocycles. The van der Waals surface area contributed by atoms with Crippen molar-refractivity contribution in [3.63, 3.8) is 0 Å². The highest BCUT2D eigenvalue weighted by molar-refractivity contribution is 6.33. The molecule has 0 aromatic heterocycles. The Balaban J connectivity index is 1.49. The van der Waals surface area contributed by atoms with E-state index in [9.17, 15) is 18.4 Å². The van der Waals surface area contributed by atoms with Gasteiger partial charge in [-0.3, -0.25) is 9.59 Å². The number of carbonyl (C=O) groups is 2. The molecule has 6 nitrogen and oxygen atoms in total. The lowest BCUT2D eigenvalue weighted by molar-refractivity contribution is -0.116. The van der Waals surface area contributed by atoms with Crippen molar-refractivity contribution in [3.05, 3.63) is 58.6 Å². The molecule has 1 aliphatic heterocycles. The fraction of sp³-hybridized carbons (Fsp3) is 0.300. The van der Waals surface area contributed by atoms with E-state index in [4.69, 9.17) is 16.3 Å². The van der Waals surface area contributed by atoms with Gasteiger partial charge in [-0.15, -0.1) is 0 Å². The number of nitrogens with one attached hydrogen (secondary N) is 2. The predicted molar refractivity (Wildman–Crippen MR) is 106 cm³/mol. The third-order valence-electron chi connectivity index (χ3n) is 4.40. The summed E-state index contributed by atoms with van der Waals surface area (Å²) in [6.45, 7) is 2.37. The first-order valence-corrected chi connectivity index (χ1v) is 9.47. The van der Waals surface area contributed by atoms with Gasteiger partial charge in [-0.2, -0.15) is 0 Å². The number of ether oxygens (including phenoxy) is 1. The predicted octanol–water partition coefficient (Wildman–Crippen LogP) is 3.21. The van der Waals surface area contributed by atoms with Crippen LogP contribution in [0.1, 0.15) is 16.8 Å². The van der Waals surface area contributed by atoms with E-state index >= 15 is 0 Å². The van der Waals surface area contributed by atoms with E-state index in [1.807, 2.05) is 4.90 Å². The van der Waals surface area contributed by atoms with Crippen molar-refractivity contribution in [3.8, 4) is 0 Å². The molecule has 0 bridgehead atoms. The zero-order valence-electron chi connectivity index (χ0n) is 15.5. The summed E-state index contributed by atoms with van der Waals surface area (Å²) in [5.74, 6) is -1.86. The Morgan fingerprint density at radius 1 is 1.10 bits per heavy atom. The number of hydrogen-bond donors (Lipinski definition) is 2. The van der Waals surface area contributed by atoms with Gasteiger partial charge in [0.15, 0.2) is 0 Å². The minimum Gasteiger partial charge on any atom is -0.378 e. The number of morpholine rings is 1. The van der Waals surface area contributed by atoms with E-state index < -0.39 is 17.5 Å². The SMILES string of the molecule is O=C(CCNC(=O)c1ccc(F)cc1Cl)Nc1ccc(N2CCOCC2)c(F)c1. The first-order valence-electron chi connectivity index (χ1n) is 9.09. The zero-order valence-corrected chi connectivity index (χ0v) is 16.3. The average molecular weight is 424 g/mol. The molecule has 2 amide bonds. The quantitative estimate of drug-likeness (QED) is 0.748. The fourth-order valence-electron chi connectivity index (χ4n) is 2.93. The molecule has 0 aliphatic carbocycles. The van der Waals surface area contributed by atoms with Gasteiger partial charge in [-0.25, -0.2) is 8.78 Å². The van der Waals surface area contributed by atoms with Crippen LogP contribution in [0.3, 0.4) is 0 Å². The van der Waals surface area contributed by atoms with Gasteiger partial charge in [0.2, 0.25) is 5.91 Å². The molecular weight excluding hydrogens is 404 g/mol. The molecule has 154 valence electrons. The molecule has 3 rings (SSSR count). The number of halogens is 3. The molecule has 29 heavy (non-hydrogen) atoms. The van der Waals surface area contributed by atoms with Crippen LogP contribution in [0.5, 0.6) is 0 Å². The zero-order chi connectivity index (χ0) is 20.8. The Hall–Kier alpha value is -2.71. The van der Waals surface area contributed by atoms with E-state index in [0.29, 0.717) is 37.7 Å². The molecule has 1 saturated heterocycles. The Bertz CT molecular complexity index is 905. The van der Waals surface area contributed by atoms with Gasteiger partial charge in [0.1, 0.15) is 11.6 Å². The number of amides is 2. The number of benzene rings is 2. The second-order valence-electron chi connectivity index (χ2n) is 6.44. The van der Waals surface area contributed by atoms with Crippen LogP contribution in [0.15, 0.2) is 36.4 Å². The minimum atomic E-state index is -0.544. The van der Waals surface area contributed by atoms with Crippen LogP contribution in [-0.2, 0) is 9.53 Å². The minimum absolute atomic E-state index is 0.0113. The maximum absolute atomic E-state index is 14.4. The molecule has 9 heteroatoms. The van der Waals surface area contributed by atoms with E-state index in [1.54, 1.807) is 12.1 Å². The summed E-state index contributed by atoms with van der Waals surface area (Å²) in [7, 11) is 0. The van der Waals surface area contributed by atoms with Gasteiger partial charge in [-0.1, -0.05) is 11.6 Å². The van der Waals surface area contributed by atoms with Crippen LogP contribution in [-0.4, -0.2) is 44.7 Å². The summed E-state index contributed by atoms with van der Waals surface area (Å²) in [5.41, 5.74) is 0.918. The molecule has 0 saturated carbocycles. The maximum Gasteiger partial charge on any atom is 0.252 e. The van der Waals surface area contributed by atoms with Gasteiger partial charge in [0.25, 0.3) is 5.91 Å². The number of rotatable bonds is 6. The summed E-state index contributed by atoms with van der Waals surface area (Å²) >= 11 is 5.83. The monoisotopic (exact) mass is 423 g/mol. The van der Waals surface area contributed by atoms with Crippen LogP contribution in [0.2, 0.25) is 5.02 Å². The standard InChI is InChI=1S/C20H20ClF2N3O3/c21-16-11-13(22)1-3-15(16)20(28)24-6-5-19(27)25-14-2-4-18(17(23)12-14)26-7-9-29-10-8-26/h1-4,11-12H,5-10H2,(H,24,28)(H,25,27). The van der Waals surface area contributed by atoms with Crippen molar-refractivity contribution in [2.75, 3.05) is 43.1 Å². The third-order valence-corrected chi connectivity index (χ3v) is 4.71. The summed E-state index contributed by atoms with van der Waals surface area (Å²) in [4.78, 5) is 26.0. The Kier molecular flexibility index (Phi) is 7.00. The van der Waals surface area contributed by atoms with E-state index in [0.717, 1.165) is 12.1 Å². The number of hydrogen-bond acceptors (Lipinski definition) is 4. The first kappa shape index (κ1) is 21.0. The van der Waals surface area contributed by atoms with E-state index in [2.05, 4.69) is 10.6 Å². The normalized spacial score (nSPS) is 13.8. The molecule has 0 unspecified atom stereocenters. The van der Waals surface area contributed by atoms with Crippen molar-refractivity contribution < 1.29 is 23.1 Å². The van der Waals surface area contributed by atoms with E-state index in [1.165, 1.54) is 12.1 Å². The highest BCUT2D eigenvalue weighted by Crippen LogP contribution is 2.24. The molecule has 2 N–H and O–H groups in total. The highest BCUT2D eigenvalue weighted by Gasteiger charge is 2.16. The third kappa shape index (κ3) is 5.65. The average Bonchev–Trinajstić information content (AvgIpc) is 2.68. The molecule has 1 heterocycles. The lowest BCUT2D eigenvalue weighted by atomic mass is 10.2. The number of anilines is 2. The molecule has 0 spiro atoms. The van der Waals surface area contributed by atoms with Crippen LogP contribution in [0, 0.1) is 11.6 Å². The van der Waals surface area contributed by atoms with Crippen molar-refractivity contribution in [1.82, 2.24) is 5.32 Å². The summed E-state index contributed by atoms with van der Waals surface area (Å²) in [5, 5.41) is 5.13. The number of nitrogens with zero attached hydrogens (tertiary/aromatic N) is 1. The van der Waals surface area contributed by atoms with Gasteiger partial charge in [-0.05, 0) is 36.4 Å². The van der Waals surface area contributed by atoms with Gasteiger partial charge >= 0.3 is 0 Å². The largest absolute Gasteiger partial charge is 0.378 e. The summed E-state index contributed by atoms with van der Waals surface area (Å²) < 4.78 is 32.7. The summed E-state index contributed by atoms with van der Waals surface area (Å²) in [6.07, 6.45) is -0.0165. The van der Waals surface area contributed by atoms with Crippen LogP contribution >= 0.6 is 11.6 Å². The van der Waals surface area contributed by atoms with Crippen molar-refractivity contribution >= 4 is 34.8 Å².